The number of carboxylic acids is 1. The molecule has 6 heteroatoms. The largest absolute Gasteiger partial charge is 0.508 e. The molecule has 1 amide bonds. The second-order valence-corrected chi connectivity index (χ2v) is 4.90. The SMILES string of the molecule is CC(C)COC(=O)N[C@@H](Cc1ccc(O)cc1)C(=O)O. The van der Waals surface area contributed by atoms with Crippen molar-refractivity contribution in [1.82, 2.24) is 5.32 Å². The lowest BCUT2D eigenvalue weighted by atomic mass is 10.1. The molecule has 0 aromatic heterocycles. The van der Waals surface area contributed by atoms with E-state index in [1.807, 2.05) is 13.8 Å². The lowest BCUT2D eigenvalue weighted by Crippen LogP contribution is -2.42. The van der Waals surface area contributed by atoms with E-state index in [0.717, 1.165) is 0 Å². The first-order valence-electron chi connectivity index (χ1n) is 6.32. The van der Waals surface area contributed by atoms with Crippen LogP contribution in [-0.4, -0.2) is 34.9 Å². The van der Waals surface area contributed by atoms with Gasteiger partial charge in [-0.3, -0.25) is 0 Å². The number of aliphatic carboxylic acids is 1. The third kappa shape index (κ3) is 5.60. The van der Waals surface area contributed by atoms with Gasteiger partial charge >= 0.3 is 12.1 Å². The number of nitrogens with one attached hydrogen (secondary N) is 1. The van der Waals surface area contributed by atoms with Gasteiger partial charge in [0.1, 0.15) is 11.8 Å². The number of ether oxygens (including phenoxy) is 1. The van der Waals surface area contributed by atoms with Crippen LogP contribution in [0.4, 0.5) is 4.79 Å². The van der Waals surface area contributed by atoms with Crippen LogP contribution in [-0.2, 0) is 16.0 Å². The number of rotatable bonds is 6. The zero-order valence-electron chi connectivity index (χ0n) is 11.5. The van der Waals surface area contributed by atoms with E-state index in [-0.39, 0.29) is 24.7 Å². The van der Waals surface area contributed by atoms with Crippen molar-refractivity contribution in [2.45, 2.75) is 26.3 Å². The minimum atomic E-state index is -1.14. The van der Waals surface area contributed by atoms with E-state index < -0.39 is 18.1 Å². The van der Waals surface area contributed by atoms with E-state index in [1.165, 1.54) is 12.1 Å². The molecule has 20 heavy (non-hydrogen) atoms. The molecule has 0 unspecified atom stereocenters. The van der Waals surface area contributed by atoms with Crippen molar-refractivity contribution in [2.24, 2.45) is 5.92 Å². The highest BCUT2D eigenvalue weighted by molar-refractivity contribution is 5.80. The molecule has 1 aromatic carbocycles. The normalized spacial score (nSPS) is 11.9. The molecule has 1 atom stereocenters. The summed E-state index contributed by atoms with van der Waals surface area (Å²) in [6.45, 7) is 4.01. The zero-order valence-corrected chi connectivity index (χ0v) is 11.5. The maximum Gasteiger partial charge on any atom is 0.407 e. The van der Waals surface area contributed by atoms with Crippen molar-refractivity contribution in [2.75, 3.05) is 6.61 Å². The highest BCUT2D eigenvalue weighted by Gasteiger charge is 2.21. The van der Waals surface area contributed by atoms with Crippen molar-refractivity contribution < 1.29 is 24.5 Å². The van der Waals surface area contributed by atoms with Crippen LogP contribution >= 0.6 is 0 Å². The molecule has 0 saturated carbocycles. The molecule has 6 nitrogen and oxygen atoms in total. The minimum absolute atomic E-state index is 0.102. The summed E-state index contributed by atoms with van der Waals surface area (Å²) in [5, 5.41) is 20.6. The first-order chi connectivity index (χ1) is 9.38. The Bertz CT molecular complexity index is 455. The number of aromatic hydroxyl groups is 1. The predicted octanol–water partition coefficient (Wildman–Crippen LogP) is 1.77. The monoisotopic (exact) mass is 281 g/mol. The minimum Gasteiger partial charge on any atom is -0.508 e. The van der Waals surface area contributed by atoms with Crippen molar-refractivity contribution in [3.05, 3.63) is 29.8 Å². The van der Waals surface area contributed by atoms with Crippen LogP contribution in [0.25, 0.3) is 0 Å². The standard InChI is InChI=1S/C14H19NO5/c1-9(2)8-20-14(19)15-12(13(17)18)7-10-3-5-11(16)6-4-10/h3-6,9,12,16H,7-8H2,1-2H3,(H,15,19)(H,17,18)/t12-/m0/s1. The second kappa shape index (κ2) is 7.37. The van der Waals surface area contributed by atoms with Crippen LogP contribution in [0, 0.1) is 5.92 Å². The average molecular weight is 281 g/mol. The van der Waals surface area contributed by atoms with Gasteiger partial charge < -0.3 is 20.3 Å². The summed E-state index contributed by atoms with van der Waals surface area (Å²) < 4.78 is 4.89. The third-order valence-electron chi connectivity index (χ3n) is 2.51. The van der Waals surface area contributed by atoms with Gasteiger partial charge in [0.2, 0.25) is 0 Å². The molecule has 3 N–H and O–H groups in total. The topological polar surface area (TPSA) is 95.9 Å². The third-order valence-corrected chi connectivity index (χ3v) is 2.51. The molecule has 0 radical (unpaired) electrons. The number of benzene rings is 1. The van der Waals surface area contributed by atoms with Crippen LogP contribution in [0.15, 0.2) is 24.3 Å². The summed E-state index contributed by atoms with van der Waals surface area (Å²) in [6, 6.07) is 5.06. The average Bonchev–Trinajstić information content (AvgIpc) is 2.38. The Morgan fingerprint density at radius 2 is 1.85 bits per heavy atom. The van der Waals surface area contributed by atoms with Gasteiger partial charge in [-0.25, -0.2) is 9.59 Å². The summed E-state index contributed by atoms with van der Waals surface area (Å²) >= 11 is 0. The molecule has 0 fully saturated rings. The van der Waals surface area contributed by atoms with Crippen LogP contribution in [0.3, 0.4) is 0 Å². The first-order valence-corrected chi connectivity index (χ1v) is 6.32. The van der Waals surface area contributed by atoms with Gasteiger partial charge in [0.15, 0.2) is 0 Å². The molecular weight excluding hydrogens is 262 g/mol. The summed E-state index contributed by atoms with van der Waals surface area (Å²) in [6.07, 6.45) is -0.628. The number of carboxylic acid groups (broad SMARTS) is 1. The fourth-order valence-corrected chi connectivity index (χ4v) is 1.49. The second-order valence-electron chi connectivity index (χ2n) is 4.90. The fourth-order valence-electron chi connectivity index (χ4n) is 1.49. The van der Waals surface area contributed by atoms with Crippen LogP contribution in [0.5, 0.6) is 5.75 Å². The van der Waals surface area contributed by atoms with Gasteiger partial charge in [0.05, 0.1) is 6.61 Å². The molecule has 0 bridgehead atoms. The van der Waals surface area contributed by atoms with Gasteiger partial charge in [-0.2, -0.15) is 0 Å². The Morgan fingerprint density at radius 1 is 1.25 bits per heavy atom. The number of alkyl carbamates (subject to hydrolysis) is 1. The Morgan fingerprint density at radius 3 is 2.35 bits per heavy atom. The lowest BCUT2D eigenvalue weighted by molar-refractivity contribution is -0.139. The van der Waals surface area contributed by atoms with Crippen LogP contribution < -0.4 is 5.32 Å². The van der Waals surface area contributed by atoms with Gasteiger partial charge in [-0.15, -0.1) is 0 Å². The Hall–Kier alpha value is -2.24. The summed E-state index contributed by atoms with van der Waals surface area (Å²) in [5.41, 5.74) is 0.694. The predicted molar refractivity (Wildman–Crippen MR) is 72.6 cm³/mol. The highest BCUT2D eigenvalue weighted by atomic mass is 16.5. The molecule has 0 aliphatic heterocycles. The highest BCUT2D eigenvalue weighted by Crippen LogP contribution is 2.11. The quantitative estimate of drug-likeness (QED) is 0.738. The van der Waals surface area contributed by atoms with E-state index in [9.17, 15) is 9.59 Å². The number of hydrogen-bond donors (Lipinski definition) is 3. The molecule has 1 rings (SSSR count). The maximum atomic E-state index is 11.5. The molecule has 0 spiro atoms. The van der Waals surface area contributed by atoms with Crippen molar-refractivity contribution in [1.29, 1.82) is 0 Å². The van der Waals surface area contributed by atoms with Crippen LogP contribution in [0.1, 0.15) is 19.4 Å². The molecular formula is C14H19NO5. The van der Waals surface area contributed by atoms with Crippen LogP contribution in [0.2, 0.25) is 0 Å². The maximum absolute atomic E-state index is 11.5. The lowest BCUT2D eigenvalue weighted by Gasteiger charge is -2.15. The number of carbonyl (C=O) groups excluding carboxylic acids is 1. The van der Waals surface area contributed by atoms with E-state index in [4.69, 9.17) is 14.9 Å². The van der Waals surface area contributed by atoms with Crippen molar-refractivity contribution >= 4 is 12.1 Å². The number of phenolic OH excluding ortho intramolecular Hbond substituents is 1. The molecule has 0 aliphatic rings. The van der Waals surface area contributed by atoms with E-state index >= 15 is 0 Å². The number of amides is 1. The number of carbonyl (C=O) groups is 2. The van der Waals surface area contributed by atoms with E-state index in [0.29, 0.717) is 5.56 Å². The fraction of sp³-hybridized carbons (Fsp3) is 0.429. The van der Waals surface area contributed by atoms with Gasteiger partial charge in [-0.1, -0.05) is 26.0 Å². The van der Waals surface area contributed by atoms with Gasteiger partial charge in [0, 0.05) is 6.42 Å². The van der Waals surface area contributed by atoms with Crippen molar-refractivity contribution in [3.63, 3.8) is 0 Å². The molecule has 1 aromatic rings. The summed E-state index contributed by atoms with van der Waals surface area (Å²) in [7, 11) is 0. The Labute approximate surface area is 117 Å². The summed E-state index contributed by atoms with van der Waals surface area (Å²) in [4.78, 5) is 22.6. The number of hydrogen-bond acceptors (Lipinski definition) is 4. The Balaban J connectivity index is 2.58. The number of phenols is 1. The first kappa shape index (κ1) is 15.8. The molecule has 0 aliphatic carbocycles. The van der Waals surface area contributed by atoms with E-state index in [2.05, 4.69) is 5.32 Å². The molecule has 110 valence electrons. The smallest absolute Gasteiger partial charge is 0.407 e. The molecule has 0 heterocycles. The van der Waals surface area contributed by atoms with Crippen molar-refractivity contribution in [3.8, 4) is 5.75 Å². The zero-order chi connectivity index (χ0) is 15.1. The summed E-state index contributed by atoms with van der Waals surface area (Å²) in [5.74, 6) is -0.856. The van der Waals surface area contributed by atoms with E-state index in [1.54, 1.807) is 12.1 Å². The molecule has 0 saturated heterocycles. The Kier molecular flexibility index (Phi) is 5.83. The van der Waals surface area contributed by atoms with Gasteiger partial charge in [0.25, 0.3) is 0 Å². The van der Waals surface area contributed by atoms with Gasteiger partial charge in [-0.05, 0) is 23.6 Å².